The molecule has 2 nitrogen and oxygen atoms in total. The Balaban J connectivity index is 0.00000121. The highest BCUT2D eigenvalue weighted by atomic mass is 35.5. The maximum atomic E-state index is 12.5. The zero-order valence-corrected chi connectivity index (χ0v) is 7.44. The zero-order valence-electron chi connectivity index (χ0n) is 6.62. The van der Waals surface area contributed by atoms with E-state index in [1.165, 1.54) is 18.2 Å². The van der Waals surface area contributed by atoms with E-state index in [0.29, 0.717) is 5.56 Å². The lowest BCUT2D eigenvalue weighted by Gasteiger charge is -2.07. The first kappa shape index (κ1) is 11.2. The molecule has 0 saturated heterocycles. The van der Waals surface area contributed by atoms with Crippen LogP contribution in [0.5, 0.6) is 5.75 Å². The van der Waals surface area contributed by atoms with Gasteiger partial charge in [0.15, 0.2) is 0 Å². The minimum Gasteiger partial charge on any atom is -0.508 e. The third-order valence-corrected chi connectivity index (χ3v) is 1.48. The molecule has 1 unspecified atom stereocenters. The molecular formula is C8H11ClFNO. The van der Waals surface area contributed by atoms with E-state index in [1.807, 2.05) is 0 Å². The number of benzene rings is 1. The van der Waals surface area contributed by atoms with Gasteiger partial charge in [-0.05, 0) is 25.1 Å². The summed E-state index contributed by atoms with van der Waals surface area (Å²) in [5.41, 5.74) is 5.89. The first-order valence-electron chi connectivity index (χ1n) is 3.35. The van der Waals surface area contributed by atoms with Crippen LogP contribution >= 0.6 is 12.4 Å². The van der Waals surface area contributed by atoms with Crippen molar-refractivity contribution in [3.63, 3.8) is 0 Å². The SMILES string of the molecule is CC(N)c1cc(F)ccc1O.Cl. The van der Waals surface area contributed by atoms with Crippen molar-refractivity contribution in [3.8, 4) is 5.75 Å². The molecule has 0 bridgehead atoms. The summed E-state index contributed by atoms with van der Waals surface area (Å²) in [7, 11) is 0. The third-order valence-electron chi connectivity index (χ3n) is 1.48. The highest BCUT2D eigenvalue weighted by Gasteiger charge is 2.05. The quantitative estimate of drug-likeness (QED) is 0.713. The second-order valence-electron chi connectivity index (χ2n) is 2.49. The Kier molecular flexibility index (Phi) is 4.00. The summed E-state index contributed by atoms with van der Waals surface area (Å²) in [6.45, 7) is 1.69. The van der Waals surface area contributed by atoms with Gasteiger partial charge in [-0.3, -0.25) is 0 Å². The summed E-state index contributed by atoms with van der Waals surface area (Å²) >= 11 is 0. The molecule has 0 radical (unpaired) electrons. The Labute approximate surface area is 76.6 Å². The lowest BCUT2D eigenvalue weighted by molar-refractivity contribution is 0.461. The summed E-state index contributed by atoms with van der Waals surface area (Å²) in [6.07, 6.45) is 0. The molecule has 0 aliphatic rings. The number of halogens is 2. The summed E-state index contributed by atoms with van der Waals surface area (Å²) in [4.78, 5) is 0. The maximum absolute atomic E-state index is 12.5. The Morgan fingerprint density at radius 3 is 2.50 bits per heavy atom. The Hall–Kier alpha value is -0.800. The second kappa shape index (κ2) is 4.28. The van der Waals surface area contributed by atoms with Crippen molar-refractivity contribution in [3.05, 3.63) is 29.6 Å². The van der Waals surface area contributed by atoms with Gasteiger partial charge in [0.05, 0.1) is 0 Å². The maximum Gasteiger partial charge on any atom is 0.123 e. The molecule has 0 fully saturated rings. The van der Waals surface area contributed by atoms with Gasteiger partial charge in [0, 0.05) is 11.6 Å². The minimum atomic E-state index is -0.380. The molecule has 0 aliphatic heterocycles. The summed E-state index contributed by atoms with van der Waals surface area (Å²) in [5.74, 6) is -0.337. The molecule has 1 atom stereocenters. The van der Waals surface area contributed by atoms with Gasteiger partial charge in [-0.2, -0.15) is 0 Å². The number of rotatable bonds is 1. The fourth-order valence-electron chi connectivity index (χ4n) is 0.890. The van der Waals surface area contributed by atoms with Gasteiger partial charge in [0.25, 0.3) is 0 Å². The molecule has 0 saturated carbocycles. The van der Waals surface area contributed by atoms with Crippen LogP contribution in [0.25, 0.3) is 0 Å². The molecule has 68 valence electrons. The molecule has 1 aromatic rings. The van der Waals surface area contributed by atoms with Crippen LogP contribution in [0.2, 0.25) is 0 Å². The smallest absolute Gasteiger partial charge is 0.123 e. The van der Waals surface area contributed by atoms with E-state index < -0.39 is 0 Å². The van der Waals surface area contributed by atoms with Crippen LogP contribution in [-0.4, -0.2) is 5.11 Å². The van der Waals surface area contributed by atoms with E-state index in [1.54, 1.807) is 6.92 Å². The highest BCUT2D eigenvalue weighted by Crippen LogP contribution is 2.22. The van der Waals surface area contributed by atoms with E-state index >= 15 is 0 Å². The molecule has 1 rings (SSSR count). The number of phenols is 1. The average Bonchev–Trinajstić information content (AvgIpc) is 1.94. The van der Waals surface area contributed by atoms with Crippen LogP contribution in [0.4, 0.5) is 4.39 Å². The van der Waals surface area contributed by atoms with Gasteiger partial charge in [0.1, 0.15) is 11.6 Å². The van der Waals surface area contributed by atoms with Gasteiger partial charge in [-0.25, -0.2) is 4.39 Å². The summed E-state index contributed by atoms with van der Waals surface area (Å²) in [5, 5.41) is 9.16. The molecule has 0 aliphatic carbocycles. The van der Waals surface area contributed by atoms with Crippen molar-refractivity contribution in [2.75, 3.05) is 0 Å². The molecule has 3 N–H and O–H groups in total. The van der Waals surface area contributed by atoms with Gasteiger partial charge < -0.3 is 10.8 Å². The standard InChI is InChI=1S/C8H10FNO.ClH/c1-5(10)7-4-6(9)2-3-8(7)11;/h2-5,11H,10H2,1H3;1H. The van der Waals surface area contributed by atoms with Gasteiger partial charge >= 0.3 is 0 Å². The van der Waals surface area contributed by atoms with E-state index in [9.17, 15) is 4.39 Å². The molecule has 4 heteroatoms. The fourth-order valence-corrected chi connectivity index (χ4v) is 0.890. The first-order valence-corrected chi connectivity index (χ1v) is 3.35. The van der Waals surface area contributed by atoms with Gasteiger partial charge in [-0.15, -0.1) is 12.4 Å². The summed E-state index contributed by atoms with van der Waals surface area (Å²) < 4.78 is 12.5. The van der Waals surface area contributed by atoms with Gasteiger partial charge in [-0.1, -0.05) is 0 Å². The predicted molar refractivity (Wildman–Crippen MR) is 47.9 cm³/mol. The second-order valence-corrected chi connectivity index (χ2v) is 2.49. The lowest BCUT2D eigenvalue weighted by Crippen LogP contribution is -2.05. The first-order chi connectivity index (χ1) is 5.11. The van der Waals surface area contributed by atoms with E-state index in [-0.39, 0.29) is 30.0 Å². The summed E-state index contributed by atoms with van der Waals surface area (Å²) in [6, 6.07) is 3.39. The lowest BCUT2D eigenvalue weighted by atomic mass is 10.1. The topological polar surface area (TPSA) is 46.2 Å². The van der Waals surface area contributed by atoms with Crippen molar-refractivity contribution in [2.45, 2.75) is 13.0 Å². The highest BCUT2D eigenvalue weighted by molar-refractivity contribution is 5.85. The number of phenolic OH excluding ortho intramolecular Hbond substituents is 1. The van der Waals surface area contributed by atoms with E-state index in [0.717, 1.165) is 0 Å². The molecule has 0 amide bonds. The van der Waals surface area contributed by atoms with Crippen LogP contribution < -0.4 is 5.73 Å². The fraction of sp³-hybridized carbons (Fsp3) is 0.250. The zero-order chi connectivity index (χ0) is 8.43. The number of hydrogen-bond donors (Lipinski definition) is 2. The number of nitrogens with two attached hydrogens (primary N) is 1. The van der Waals surface area contributed by atoms with Crippen molar-refractivity contribution in [1.29, 1.82) is 0 Å². The van der Waals surface area contributed by atoms with Crippen LogP contribution in [0.3, 0.4) is 0 Å². The Morgan fingerprint density at radius 1 is 1.50 bits per heavy atom. The normalized spacial score (nSPS) is 11.9. The largest absolute Gasteiger partial charge is 0.508 e. The minimum absolute atomic E-state index is 0. The third kappa shape index (κ3) is 2.36. The van der Waals surface area contributed by atoms with Crippen molar-refractivity contribution >= 4 is 12.4 Å². The Bertz CT molecular complexity index is 265. The van der Waals surface area contributed by atoms with Crippen molar-refractivity contribution in [2.24, 2.45) is 5.73 Å². The Morgan fingerprint density at radius 2 is 2.08 bits per heavy atom. The molecular weight excluding hydrogens is 181 g/mol. The van der Waals surface area contributed by atoms with Gasteiger partial charge in [0.2, 0.25) is 0 Å². The van der Waals surface area contributed by atoms with Crippen LogP contribution in [-0.2, 0) is 0 Å². The number of aromatic hydroxyl groups is 1. The molecule has 1 aromatic carbocycles. The van der Waals surface area contributed by atoms with Crippen molar-refractivity contribution < 1.29 is 9.50 Å². The molecule has 12 heavy (non-hydrogen) atoms. The average molecular weight is 192 g/mol. The monoisotopic (exact) mass is 191 g/mol. The number of hydrogen-bond acceptors (Lipinski definition) is 2. The molecule has 0 aromatic heterocycles. The predicted octanol–water partition coefficient (Wildman–Crippen LogP) is 1.97. The van der Waals surface area contributed by atoms with E-state index in [2.05, 4.69) is 0 Å². The van der Waals surface area contributed by atoms with Crippen LogP contribution in [0.1, 0.15) is 18.5 Å². The van der Waals surface area contributed by atoms with Crippen LogP contribution in [0.15, 0.2) is 18.2 Å². The van der Waals surface area contributed by atoms with Crippen LogP contribution in [0, 0.1) is 5.82 Å². The molecule has 0 spiro atoms. The molecule has 0 heterocycles. The van der Waals surface area contributed by atoms with Crippen molar-refractivity contribution in [1.82, 2.24) is 0 Å². The van der Waals surface area contributed by atoms with E-state index in [4.69, 9.17) is 10.8 Å².